The lowest BCUT2D eigenvalue weighted by Gasteiger charge is -2.00. The summed E-state index contributed by atoms with van der Waals surface area (Å²) in [6, 6.07) is 6.68. The van der Waals surface area contributed by atoms with Gasteiger partial charge in [0.2, 0.25) is 11.6 Å². The molecule has 0 aliphatic carbocycles. The molecule has 0 bridgehead atoms. The maximum atomic E-state index is 11.9. The molecule has 0 N–H and O–H groups in total. The van der Waals surface area contributed by atoms with E-state index in [0.717, 1.165) is 4.47 Å². The van der Waals surface area contributed by atoms with E-state index in [1.165, 1.54) is 18.7 Å². The summed E-state index contributed by atoms with van der Waals surface area (Å²) in [5, 5.41) is 0. The van der Waals surface area contributed by atoms with Gasteiger partial charge in [-0.1, -0.05) is 28.1 Å². The van der Waals surface area contributed by atoms with E-state index in [1.807, 2.05) is 0 Å². The van der Waals surface area contributed by atoms with Gasteiger partial charge in [0.05, 0.1) is 5.56 Å². The van der Waals surface area contributed by atoms with Crippen LogP contribution in [0.25, 0.3) is 0 Å². The zero-order valence-corrected chi connectivity index (χ0v) is 10.2. The maximum absolute atomic E-state index is 11.9. The number of nitrogens with zero attached hydrogens (tertiary/aromatic N) is 2. The molecule has 0 saturated carbocycles. The summed E-state index contributed by atoms with van der Waals surface area (Å²) in [7, 11) is 0. The molecule has 2 rings (SSSR count). The van der Waals surface area contributed by atoms with Crippen LogP contribution in [0.2, 0.25) is 0 Å². The fourth-order valence-corrected chi connectivity index (χ4v) is 1.71. The van der Waals surface area contributed by atoms with E-state index >= 15 is 0 Å². The molecule has 0 aliphatic heterocycles. The van der Waals surface area contributed by atoms with Gasteiger partial charge in [-0.15, -0.1) is 0 Å². The zero-order valence-electron chi connectivity index (χ0n) is 8.63. The van der Waals surface area contributed by atoms with Gasteiger partial charge in [-0.2, -0.15) is 0 Å². The number of benzene rings is 1. The summed E-state index contributed by atoms with van der Waals surface area (Å²) in [5.74, 6) is -1.18. The topological polar surface area (TPSA) is 59.9 Å². The van der Waals surface area contributed by atoms with Gasteiger partial charge in [-0.3, -0.25) is 9.59 Å². The van der Waals surface area contributed by atoms with Gasteiger partial charge >= 0.3 is 0 Å². The van der Waals surface area contributed by atoms with E-state index in [0.29, 0.717) is 5.56 Å². The third-order valence-corrected chi connectivity index (χ3v) is 2.61. The number of carbonyl (C=O) groups excluding carboxylic acids is 2. The van der Waals surface area contributed by atoms with E-state index in [-0.39, 0.29) is 5.56 Å². The first kappa shape index (κ1) is 11.6. The molecule has 0 spiro atoms. The molecular formula is C12H7BrN2O2. The van der Waals surface area contributed by atoms with Crippen molar-refractivity contribution in [3.63, 3.8) is 0 Å². The smallest absolute Gasteiger partial charge is 0.236 e. The van der Waals surface area contributed by atoms with Crippen LogP contribution in [-0.2, 0) is 0 Å². The molecule has 1 heterocycles. The molecule has 4 nitrogen and oxygen atoms in total. The van der Waals surface area contributed by atoms with Crippen LogP contribution in [0.4, 0.5) is 0 Å². The summed E-state index contributed by atoms with van der Waals surface area (Å²) in [5.41, 5.74) is 0.533. The number of ketones is 2. The minimum absolute atomic E-state index is 0.192. The zero-order chi connectivity index (χ0) is 12.3. The van der Waals surface area contributed by atoms with Crippen LogP contribution in [0.5, 0.6) is 0 Å². The van der Waals surface area contributed by atoms with Crippen LogP contribution >= 0.6 is 15.9 Å². The van der Waals surface area contributed by atoms with Gasteiger partial charge in [0.15, 0.2) is 0 Å². The number of Topliss-reactive ketones (excluding diaryl/α,β-unsaturated/α-hetero) is 2. The Kier molecular flexibility index (Phi) is 3.39. The highest BCUT2D eigenvalue weighted by molar-refractivity contribution is 9.10. The van der Waals surface area contributed by atoms with Crippen molar-refractivity contribution < 1.29 is 9.59 Å². The Morgan fingerprint density at radius 2 is 1.65 bits per heavy atom. The summed E-state index contributed by atoms with van der Waals surface area (Å²) >= 11 is 3.25. The third-order valence-electron chi connectivity index (χ3n) is 2.12. The molecule has 0 aliphatic rings. The Hall–Kier alpha value is -1.88. The first-order valence-electron chi connectivity index (χ1n) is 4.78. The second-order valence-corrected chi connectivity index (χ2v) is 4.21. The van der Waals surface area contributed by atoms with E-state index in [1.54, 1.807) is 24.3 Å². The van der Waals surface area contributed by atoms with Crippen LogP contribution in [0, 0.1) is 0 Å². The van der Waals surface area contributed by atoms with Gasteiger partial charge in [0, 0.05) is 22.4 Å². The second-order valence-electron chi connectivity index (χ2n) is 3.30. The van der Waals surface area contributed by atoms with Crippen molar-refractivity contribution in [3.05, 3.63) is 58.6 Å². The molecular weight excluding hydrogens is 284 g/mol. The van der Waals surface area contributed by atoms with E-state index in [9.17, 15) is 9.59 Å². The molecule has 5 heteroatoms. The van der Waals surface area contributed by atoms with Gasteiger partial charge in [0.25, 0.3) is 0 Å². The highest BCUT2D eigenvalue weighted by Gasteiger charge is 2.18. The monoisotopic (exact) mass is 290 g/mol. The number of halogens is 1. The molecule has 0 saturated heterocycles. The molecule has 1 aromatic heterocycles. The standard InChI is InChI=1S/C12H7BrN2O2/c13-10-3-1-2-8(4-10)11(16)12(17)9-5-14-7-15-6-9/h1-7H. The van der Waals surface area contributed by atoms with Crippen molar-refractivity contribution in [2.24, 2.45) is 0 Å². The summed E-state index contributed by atoms with van der Waals surface area (Å²) in [6.07, 6.45) is 3.96. The highest BCUT2D eigenvalue weighted by atomic mass is 79.9. The molecule has 2 aromatic rings. The van der Waals surface area contributed by atoms with E-state index < -0.39 is 11.6 Å². The largest absolute Gasteiger partial charge is 0.285 e. The lowest BCUT2D eigenvalue weighted by molar-refractivity contribution is 0.0816. The molecule has 0 atom stereocenters. The van der Waals surface area contributed by atoms with Crippen LogP contribution in [-0.4, -0.2) is 21.5 Å². The van der Waals surface area contributed by atoms with Gasteiger partial charge in [-0.25, -0.2) is 9.97 Å². The Morgan fingerprint density at radius 1 is 1.00 bits per heavy atom. The van der Waals surface area contributed by atoms with Crippen LogP contribution in [0.1, 0.15) is 20.7 Å². The number of hydrogen-bond acceptors (Lipinski definition) is 4. The molecule has 0 fully saturated rings. The lowest BCUT2D eigenvalue weighted by Crippen LogP contribution is -2.14. The molecule has 0 amide bonds. The van der Waals surface area contributed by atoms with Crippen molar-refractivity contribution in [1.29, 1.82) is 0 Å². The lowest BCUT2D eigenvalue weighted by atomic mass is 10.0. The highest BCUT2D eigenvalue weighted by Crippen LogP contribution is 2.13. The van der Waals surface area contributed by atoms with E-state index in [2.05, 4.69) is 25.9 Å². The Morgan fingerprint density at radius 3 is 2.29 bits per heavy atom. The summed E-state index contributed by atoms with van der Waals surface area (Å²) in [6.45, 7) is 0. The van der Waals surface area contributed by atoms with Gasteiger partial charge in [-0.05, 0) is 12.1 Å². The third kappa shape index (κ3) is 2.62. The van der Waals surface area contributed by atoms with Crippen molar-refractivity contribution in [2.75, 3.05) is 0 Å². The summed E-state index contributed by atoms with van der Waals surface area (Å²) < 4.78 is 0.750. The molecule has 1 aromatic carbocycles. The van der Waals surface area contributed by atoms with Crippen molar-refractivity contribution in [3.8, 4) is 0 Å². The van der Waals surface area contributed by atoms with E-state index in [4.69, 9.17) is 0 Å². The maximum Gasteiger partial charge on any atom is 0.236 e. The van der Waals surface area contributed by atoms with Crippen molar-refractivity contribution in [1.82, 2.24) is 9.97 Å². The second kappa shape index (κ2) is 4.97. The number of aromatic nitrogens is 2. The van der Waals surface area contributed by atoms with Crippen molar-refractivity contribution >= 4 is 27.5 Å². The number of hydrogen-bond donors (Lipinski definition) is 0. The predicted molar refractivity (Wildman–Crippen MR) is 64.8 cm³/mol. The average Bonchev–Trinajstić information content (AvgIpc) is 2.38. The van der Waals surface area contributed by atoms with Gasteiger partial charge < -0.3 is 0 Å². The summed E-state index contributed by atoms with van der Waals surface area (Å²) in [4.78, 5) is 31.1. The van der Waals surface area contributed by atoms with Crippen LogP contribution in [0.15, 0.2) is 47.5 Å². The predicted octanol–water partition coefficient (Wildman–Crippen LogP) is 2.30. The Balaban J connectivity index is 2.30. The van der Waals surface area contributed by atoms with Crippen LogP contribution < -0.4 is 0 Å². The quantitative estimate of drug-likeness (QED) is 0.643. The molecule has 17 heavy (non-hydrogen) atoms. The minimum Gasteiger partial charge on any atom is -0.285 e. The molecule has 0 unspecified atom stereocenters. The minimum atomic E-state index is -0.608. The van der Waals surface area contributed by atoms with Gasteiger partial charge in [0.1, 0.15) is 6.33 Å². The first-order chi connectivity index (χ1) is 8.18. The fraction of sp³-hybridized carbons (Fsp3) is 0. The molecule has 0 radical (unpaired) electrons. The SMILES string of the molecule is O=C(C(=O)c1cccc(Br)c1)c1cncnc1. The van der Waals surface area contributed by atoms with Crippen LogP contribution in [0.3, 0.4) is 0 Å². The fourth-order valence-electron chi connectivity index (χ4n) is 1.31. The number of carbonyl (C=O) groups is 2. The Bertz CT molecular complexity index is 570. The average molecular weight is 291 g/mol. The first-order valence-corrected chi connectivity index (χ1v) is 5.57. The van der Waals surface area contributed by atoms with Crippen molar-refractivity contribution in [2.45, 2.75) is 0 Å². The number of rotatable bonds is 3. The Labute approximate surface area is 106 Å². The molecule has 84 valence electrons. The normalized spacial score (nSPS) is 9.94.